The Balaban J connectivity index is 1.80. The maximum absolute atomic E-state index is 12.1. The van der Waals surface area contributed by atoms with Crippen LogP contribution in [0.15, 0.2) is 11.4 Å². The molecule has 1 aliphatic rings. The Bertz CT molecular complexity index is 487. The molecular weight excluding hydrogens is 276 g/mol. The number of esters is 1. The first kappa shape index (κ1) is 15.0. The van der Waals surface area contributed by atoms with E-state index in [0.29, 0.717) is 13.2 Å². The van der Waals surface area contributed by atoms with Crippen LogP contribution in [0.3, 0.4) is 0 Å². The molecule has 0 aromatic carbocycles. The topological polar surface area (TPSA) is 58.6 Å². The summed E-state index contributed by atoms with van der Waals surface area (Å²) in [5, 5.41) is 4.99. The van der Waals surface area contributed by atoms with Gasteiger partial charge >= 0.3 is 5.97 Å². The molecule has 1 aromatic heterocycles. The average molecular weight is 296 g/mol. The molecule has 1 aromatic rings. The van der Waals surface area contributed by atoms with Crippen LogP contribution in [0.4, 0.5) is 0 Å². The van der Waals surface area contributed by atoms with Crippen LogP contribution in [0, 0.1) is 0 Å². The fourth-order valence-electron chi connectivity index (χ4n) is 2.16. The molecule has 1 atom stereocenters. The molecule has 1 unspecified atom stereocenters. The Hall–Kier alpha value is -1.40. The standard InChI is InChI=1S/C14H20N2O3S/c1-3-19-14(18)10(2)15-8-13(17)16-6-4-12-11(9-16)5-7-20-12/h5,7,10,15H,3-4,6,8-9H2,1-2H3. The average Bonchev–Trinajstić information content (AvgIpc) is 2.91. The summed E-state index contributed by atoms with van der Waals surface area (Å²) in [6.45, 7) is 5.42. The van der Waals surface area contributed by atoms with Crippen LogP contribution >= 0.6 is 11.3 Å². The van der Waals surface area contributed by atoms with E-state index in [1.54, 1.807) is 25.2 Å². The van der Waals surface area contributed by atoms with Crippen LogP contribution in [0.1, 0.15) is 24.3 Å². The fraction of sp³-hybridized carbons (Fsp3) is 0.571. The van der Waals surface area contributed by atoms with Crippen molar-refractivity contribution in [3.8, 4) is 0 Å². The van der Waals surface area contributed by atoms with Crippen LogP contribution in [-0.2, 0) is 27.3 Å². The predicted molar refractivity (Wildman–Crippen MR) is 77.5 cm³/mol. The van der Waals surface area contributed by atoms with Gasteiger partial charge in [0.05, 0.1) is 13.2 Å². The van der Waals surface area contributed by atoms with Gasteiger partial charge < -0.3 is 9.64 Å². The highest BCUT2D eigenvalue weighted by Crippen LogP contribution is 2.23. The second kappa shape index (κ2) is 6.85. The van der Waals surface area contributed by atoms with Crippen molar-refractivity contribution >= 4 is 23.2 Å². The Labute approximate surface area is 122 Å². The first-order valence-corrected chi connectivity index (χ1v) is 7.72. The smallest absolute Gasteiger partial charge is 0.322 e. The quantitative estimate of drug-likeness (QED) is 0.829. The fourth-order valence-corrected chi connectivity index (χ4v) is 3.05. The number of amides is 1. The lowest BCUT2D eigenvalue weighted by molar-refractivity contribution is -0.145. The van der Waals surface area contributed by atoms with E-state index in [9.17, 15) is 9.59 Å². The number of ether oxygens (including phenoxy) is 1. The Morgan fingerprint density at radius 2 is 2.35 bits per heavy atom. The summed E-state index contributed by atoms with van der Waals surface area (Å²) in [4.78, 5) is 26.8. The van der Waals surface area contributed by atoms with Crippen molar-refractivity contribution in [1.29, 1.82) is 0 Å². The number of carbonyl (C=O) groups is 2. The number of fused-ring (bicyclic) bond motifs is 1. The van der Waals surface area contributed by atoms with E-state index in [1.807, 2.05) is 4.90 Å². The molecule has 0 saturated heterocycles. The van der Waals surface area contributed by atoms with Gasteiger partial charge in [-0.3, -0.25) is 14.9 Å². The van der Waals surface area contributed by atoms with Crippen molar-refractivity contribution in [1.82, 2.24) is 10.2 Å². The summed E-state index contributed by atoms with van der Waals surface area (Å²) in [5.41, 5.74) is 1.24. The molecule has 2 heterocycles. The zero-order valence-corrected chi connectivity index (χ0v) is 12.7. The summed E-state index contributed by atoms with van der Waals surface area (Å²) in [7, 11) is 0. The highest BCUT2D eigenvalue weighted by Gasteiger charge is 2.22. The molecule has 1 amide bonds. The van der Waals surface area contributed by atoms with Gasteiger partial charge in [-0.1, -0.05) is 0 Å². The third-order valence-corrected chi connectivity index (χ3v) is 4.38. The lowest BCUT2D eigenvalue weighted by atomic mass is 10.1. The van der Waals surface area contributed by atoms with Crippen LogP contribution < -0.4 is 5.32 Å². The van der Waals surface area contributed by atoms with E-state index in [-0.39, 0.29) is 18.4 Å². The van der Waals surface area contributed by atoms with Gasteiger partial charge in [-0.15, -0.1) is 11.3 Å². The monoisotopic (exact) mass is 296 g/mol. The summed E-state index contributed by atoms with van der Waals surface area (Å²) >= 11 is 1.75. The largest absolute Gasteiger partial charge is 0.465 e. The van der Waals surface area contributed by atoms with E-state index in [1.165, 1.54) is 10.4 Å². The van der Waals surface area contributed by atoms with Gasteiger partial charge in [-0.2, -0.15) is 0 Å². The SMILES string of the molecule is CCOC(=O)C(C)NCC(=O)N1CCc2sccc2C1. The third-order valence-electron chi connectivity index (χ3n) is 3.36. The van der Waals surface area contributed by atoms with Gasteiger partial charge in [0, 0.05) is 18.0 Å². The summed E-state index contributed by atoms with van der Waals surface area (Å²) in [6, 6.07) is 1.62. The molecule has 0 bridgehead atoms. The maximum atomic E-state index is 12.1. The lowest BCUT2D eigenvalue weighted by Gasteiger charge is -2.27. The minimum atomic E-state index is -0.458. The third kappa shape index (κ3) is 3.58. The molecule has 1 N–H and O–H groups in total. The number of rotatable bonds is 5. The van der Waals surface area contributed by atoms with Crippen LogP contribution in [0.5, 0.6) is 0 Å². The highest BCUT2D eigenvalue weighted by atomic mass is 32.1. The molecule has 6 heteroatoms. The van der Waals surface area contributed by atoms with Crippen LogP contribution in [0.25, 0.3) is 0 Å². The molecule has 2 rings (SSSR count). The molecule has 5 nitrogen and oxygen atoms in total. The first-order chi connectivity index (χ1) is 9.61. The molecule has 0 radical (unpaired) electrons. The second-order valence-electron chi connectivity index (χ2n) is 4.79. The zero-order valence-electron chi connectivity index (χ0n) is 11.8. The van der Waals surface area contributed by atoms with E-state index in [2.05, 4.69) is 16.8 Å². The molecule has 20 heavy (non-hydrogen) atoms. The predicted octanol–water partition coefficient (Wildman–Crippen LogP) is 1.17. The molecule has 1 aliphatic heterocycles. The van der Waals surface area contributed by atoms with Crippen molar-refractivity contribution < 1.29 is 14.3 Å². The van der Waals surface area contributed by atoms with Crippen molar-refractivity contribution in [2.24, 2.45) is 0 Å². The molecule has 0 aliphatic carbocycles. The first-order valence-electron chi connectivity index (χ1n) is 6.84. The molecule has 0 fully saturated rings. The number of hydrogen-bond acceptors (Lipinski definition) is 5. The minimum Gasteiger partial charge on any atom is -0.465 e. The summed E-state index contributed by atoms with van der Waals surface area (Å²) in [6.07, 6.45) is 0.923. The van der Waals surface area contributed by atoms with Crippen molar-refractivity contribution in [3.05, 3.63) is 21.9 Å². The minimum absolute atomic E-state index is 0.0259. The van der Waals surface area contributed by atoms with Gasteiger partial charge in [0.25, 0.3) is 0 Å². The number of thiophene rings is 1. The Morgan fingerprint density at radius 1 is 1.55 bits per heavy atom. The number of carbonyl (C=O) groups excluding carboxylic acids is 2. The molecule has 0 spiro atoms. The molecule has 0 saturated carbocycles. The van der Waals surface area contributed by atoms with Gasteiger partial charge in [0.2, 0.25) is 5.91 Å². The number of nitrogens with one attached hydrogen (secondary N) is 1. The van der Waals surface area contributed by atoms with Crippen LogP contribution in [0.2, 0.25) is 0 Å². The number of nitrogens with zero attached hydrogens (tertiary/aromatic N) is 1. The van der Waals surface area contributed by atoms with Gasteiger partial charge in [0.1, 0.15) is 6.04 Å². The van der Waals surface area contributed by atoms with Crippen molar-refractivity contribution in [2.75, 3.05) is 19.7 Å². The van der Waals surface area contributed by atoms with Gasteiger partial charge in [-0.25, -0.2) is 0 Å². The number of hydrogen-bond donors (Lipinski definition) is 1. The van der Waals surface area contributed by atoms with Gasteiger partial charge in [0.15, 0.2) is 0 Å². The molecule has 110 valence electrons. The summed E-state index contributed by atoms with van der Waals surface area (Å²) < 4.78 is 4.89. The maximum Gasteiger partial charge on any atom is 0.322 e. The van der Waals surface area contributed by atoms with E-state index >= 15 is 0 Å². The van der Waals surface area contributed by atoms with E-state index < -0.39 is 6.04 Å². The Morgan fingerprint density at radius 3 is 3.10 bits per heavy atom. The zero-order chi connectivity index (χ0) is 14.5. The van der Waals surface area contributed by atoms with Crippen molar-refractivity contribution in [2.45, 2.75) is 32.9 Å². The highest BCUT2D eigenvalue weighted by molar-refractivity contribution is 7.10. The van der Waals surface area contributed by atoms with E-state index in [0.717, 1.165) is 13.0 Å². The second-order valence-corrected chi connectivity index (χ2v) is 5.79. The Kier molecular flexibility index (Phi) is 5.14. The summed E-state index contributed by atoms with van der Waals surface area (Å²) in [5.74, 6) is -0.294. The van der Waals surface area contributed by atoms with Crippen molar-refractivity contribution in [3.63, 3.8) is 0 Å². The normalized spacial score (nSPS) is 15.6. The van der Waals surface area contributed by atoms with Gasteiger partial charge in [-0.05, 0) is 37.3 Å². The van der Waals surface area contributed by atoms with E-state index in [4.69, 9.17) is 4.74 Å². The van der Waals surface area contributed by atoms with Crippen LogP contribution in [-0.4, -0.2) is 42.5 Å². The molecular formula is C14H20N2O3S. The lowest BCUT2D eigenvalue weighted by Crippen LogP contribution is -2.45.